The number of rotatable bonds is 5. The fourth-order valence-corrected chi connectivity index (χ4v) is 2.01. The van der Waals surface area contributed by atoms with Crippen LogP contribution < -0.4 is 5.73 Å². The third-order valence-corrected chi connectivity index (χ3v) is 3.22. The quantitative estimate of drug-likeness (QED) is 0.275. The predicted octanol–water partition coefficient (Wildman–Crippen LogP) is 0.839. The molecule has 0 atom stereocenters. The largest absolute Gasteiger partial charge is 0.507 e. The van der Waals surface area contributed by atoms with Gasteiger partial charge in [0.1, 0.15) is 22.9 Å². The van der Waals surface area contributed by atoms with Gasteiger partial charge in [-0.2, -0.15) is 0 Å². The Morgan fingerprint density at radius 2 is 1.95 bits per heavy atom. The van der Waals surface area contributed by atoms with E-state index < -0.39 is 5.91 Å². The zero-order valence-electron chi connectivity index (χ0n) is 10.9. The van der Waals surface area contributed by atoms with E-state index in [1.54, 1.807) is 0 Å². The lowest BCUT2D eigenvalue weighted by atomic mass is 10.1. The highest BCUT2D eigenvalue weighted by Crippen LogP contribution is 2.33. The van der Waals surface area contributed by atoms with Crippen molar-refractivity contribution in [2.45, 2.75) is 25.3 Å². The van der Waals surface area contributed by atoms with Crippen LogP contribution >= 0.6 is 0 Å². The Labute approximate surface area is 115 Å². The zero-order chi connectivity index (χ0) is 14.7. The number of benzene rings is 1. The maximum atomic E-state index is 12.4. The first-order valence-corrected chi connectivity index (χ1v) is 6.33. The number of amides is 1. The smallest absolute Gasteiger partial charge is 0.261 e. The summed E-state index contributed by atoms with van der Waals surface area (Å²) in [5.74, 6) is -0.937. The molecule has 0 saturated heterocycles. The first kappa shape index (κ1) is 14.0. The lowest BCUT2D eigenvalue weighted by molar-refractivity contribution is 0.0741. The molecule has 7 heteroatoms. The van der Waals surface area contributed by atoms with Crippen molar-refractivity contribution in [3.8, 4) is 11.5 Å². The van der Waals surface area contributed by atoms with Gasteiger partial charge in [-0.15, -0.1) is 0 Å². The second-order valence-corrected chi connectivity index (χ2v) is 4.74. The summed E-state index contributed by atoms with van der Waals surface area (Å²) in [6, 6.07) is 4.23. The van der Waals surface area contributed by atoms with E-state index >= 15 is 0 Å². The van der Waals surface area contributed by atoms with Crippen molar-refractivity contribution < 1.29 is 20.2 Å². The zero-order valence-corrected chi connectivity index (χ0v) is 10.9. The lowest BCUT2D eigenvalue weighted by Crippen LogP contribution is -2.36. The number of carbonyl (C=O) groups excluding carboxylic acids is 1. The molecule has 20 heavy (non-hydrogen) atoms. The number of nitrogens with zero attached hydrogens (tertiary/aromatic N) is 2. The highest BCUT2D eigenvalue weighted by molar-refractivity contribution is 6.00. The van der Waals surface area contributed by atoms with Crippen LogP contribution in [0, 0.1) is 0 Å². The Kier molecular flexibility index (Phi) is 3.97. The van der Waals surface area contributed by atoms with Gasteiger partial charge in [-0.05, 0) is 25.0 Å². The van der Waals surface area contributed by atoms with Crippen LogP contribution in [0.25, 0.3) is 0 Å². The molecule has 0 unspecified atom stereocenters. The summed E-state index contributed by atoms with van der Waals surface area (Å²) >= 11 is 0. The summed E-state index contributed by atoms with van der Waals surface area (Å²) in [6.07, 6.45) is 1.97. The highest BCUT2D eigenvalue weighted by Gasteiger charge is 2.34. The second kappa shape index (κ2) is 5.68. The van der Waals surface area contributed by atoms with Crippen LogP contribution in [0.2, 0.25) is 0 Å². The van der Waals surface area contributed by atoms with Crippen LogP contribution in [-0.2, 0) is 0 Å². The molecular formula is C13H17N3O4. The van der Waals surface area contributed by atoms with Crippen LogP contribution in [-0.4, -0.2) is 44.6 Å². The molecule has 1 aromatic carbocycles. The molecule has 0 spiro atoms. The molecule has 1 aliphatic rings. The van der Waals surface area contributed by atoms with Crippen molar-refractivity contribution in [2.75, 3.05) is 6.54 Å². The lowest BCUT2D eigenvalue weighted by Gasteiger charge is -2.23. The van der Waals surface area contributed by atoms with E-state index in [0.717, 1.165) is 12.8 Å². The number of amidine groups is 1. The molecule has 5 N–H and O–H groups in total. The molecule has 1 amide bonds. The van der Waals surface area contributed by atoms with Crippen molar-refractivity contribution in [3.05, 3.63) is 23.8 Å². The summed E-state index contributed by atoms with van der Waals surface area (Å²) in [5.41, 5.74) is 5.29. The number of phenolic OH excluding ortho intramolecular Hbond substituents is 2. The minimum Gasteiger partial charge on any atom is -0.507 e. The molecule has 1 aromatic rings. The van der Waals surface area contributed by atoms with Gasteiger partial charge < -0.3 is 26.1 Å². The van der Waals surface area contributed by atoms with Crippen molar-refractivity contribution in [3.63, 3.8) is 0 Å². The Balaban J connectivity index is 2.19. The first-order chi connectivity index (χ1) is 9.54. The van der Waals surface area contributed by atoms with Crippen LogP contribution in [0.4, 0.5) is 0 Å². The molecule has 2 rings (SSSR count). The summed E-state index contributed by atoms with van der Waals surface area (Å²) in [6.45, 7) is 0.271. The van der Waals surface area contributed by atoms with Gasteiger partial charge in [0.15, 0.2) is 0 Å². The van der Waals surface area contributed by atoms with E-state index in [9.17, 15) is 15.0 Å². The molecule has 0 bridgehead atoms. The Morgan fingerprint density at radius 3 is 2.45 bits per heavy atom. The van der Waals surface area contributed by atoms with Gasteiger partial charge in [0.05, 0.1) is 0 Å². The number of oxime groups is 1. The molecule has 0 radical (unpaired) electrons. The van der Waals surface area contributed by atoms with Crippen LogP contribution in [0.15, 0.2) is 23.4 Å². The first-order valence-electron chi connectivity index (χ1n) is 6.33. The molecular weight excluding hydrogens is 262 g/mol. The second-order valence-electron chi connectivity index (χ2n) is 4.74. The topological polar surface area (TPSA) is 119 Å². The molecule has 7 nitrogen and oxygen atoms in total. The molecule has 108 valence electrons. The van der Waals surface area contributed by atoms with Gasteiger partial charge in [0, 0.05) is 19.0 Å². The average molecular weight is 279 g/mol. The normalized spacial score (nSPS) is 15.1. The van der Waals surface area contributed by atoms with Crippen molar-refractivity contribution in [2.24, 2.45) is 10.9 Å². The molecule has 1 saturated carbocycles. The van der Waals surface area contributed by atoms with Crippen LogP contribution in [0.5, 0.6) is 11.5 Å². The maximum Gasteiger partial charge on any atom is 0.261 e. The number of hydrogen-bond donors (Lipinski definition) is 4. The Hall–Kier alpha value is -2.44. The number of nitrogens with two attached hydrogens (primary N) is 1. The molecule has 1 aliphatic carbocycles. The summed E-state index contributed by atoms with van der Waals surface area (Å²) in [4.78, 5) is 14.0. The Morgan fingerprint density at radius 1 is 1.35 bits per heavy atom. The third kappa shape index (κ3) is 2.93. The van der Waals surface area contributed by atoms with Gasteiger partial charge in [-0.1, -0.05) is 11.2 Å². The highest BCUT2D eigenvalue weighted by atomic mass is 16.4. The van der Waals surface area contributed by atoms with Gasteiger partial charge in [-0.25, -0.2) is 0 Å². The number of aromatic hydroxyl groups is 2. The summed E-state index contributed by atoms with van der Waals surface area (Å²) < 4.78 is 0. The van der Waals surface area contributed by atoms with Crippen LogP contribution in [0.1, 0.15) is 29.6 Å². The van der Waals surface area contributed by atoms with Gasteiger partial charge in [0.2, 0.25) is 0 Å². The third-order valence-electron chi connectivity index (χ3n) is 3.22. The number of carbonyl (C=O) groups is 1. The standard InChI is InChI=1S/C13H17N3O4/c14-11(15-20)6-7-16(8-4-5-8)13(19)12-9(17)2-1-3-10(12)18/h1-3,8,17-18,20H,4-7H2,(H2,14,15). The molecule has 0 heterocycles. The van der Waals surface area contributed by atoms with E-state index in [1.807, 2.05) is 0 Å². The predicted molar refractivity (Wildman–Crippen MR) is 71.9 cm³/mol. The Bertz CT molecular complexity index is 520. The van der Waals surface area contributed by atoms with Gasteiger partial charge in [0.25, 0.3) is 5.91 Å². The van der Waals surface area contributed by atoms with Crippen LogP contribution in [0.3, 0.4) is 0 Å². The number of hydrogen-bond acceptors (Lipinski definition) is 5. The summed E-state index contributed by atoms with van der Waals surface area (Å²) in [7, 11) is 0. The molecule has 0 aromatic heterocycles. The van der Waals surface area contributed by atoms with E-state index in [1.165, 1.54) is 23.1 Å². The van der Waals surface area contributed by atoms with E-state index in [4.69, 9.17) is 10.9 Å². The number of phenols is 2. The van der Waals surface area contributed by atoms with E-state index in [-0.39, 0.29) is 41.9 Å². The summed E-state index contributed by atoms with van der Waals surface area (Å²) in [5, 5.41) is 30.9. The fraction of sp³-hybridized carbons (Fsp3) is 0.385. The average Bonchev–Trinajstić information content (AvgIpc) is 3.23. The minimum absolute atomic E-state index is 0.0324. The van der Waals surface area contributed by atoms with Crippen molar-refractivity contribution in [1.29, 1.82) is 0 Å². The monoisotopic (exact) mass is 279 g/mol. The SMILES string of the molecule is N/C(CCN(C(=O)c1c(O)cccc1O)C1CC1)=N/O. The van der Waals surface area contributed by atoms with Gasteiger partial charge >= 0.3 is 0 Å². The maximum absolute atomic E-state index is 12.4. The van der Waals surface area contributed by atoms with E-state index in [0.29, 0.717) is 0 Å². The van der Waals surface area contributed by atoms with Crippen molar-refractivity contribution >= 4 is 11.7 Å². The fourth-order valence-electron chi connectivity index (χ4n) is 2.01. The molecule has 1 fully saturated rings. The minimum atomic E-state index is -0.450. The van der Waals surface area contributed by atoms with E-state index in [2.05, 4.69) is 5.16 Å². The van der Waals surface area contributed by atoms with Crippen molar-refractivity contribution in [1.82, 2.24) is 4.90 Å². The van der Waals surface area contributed by atoms with Gasteiger partial charge in [-0.3, -0.25) is 4.79 Å². The molecule has 0 aliphatic heterocycles.